The van der Waals surface area contributed by atoms with Gasteiger partial charge in [-0.3, -0.25) is 4.79 Å². The number of phenolic OH excluding ortho intramolecular Hbond substituents is 1. The zero-order valence-corrected chi connectivity index (χ0v) is 11.5. The van der Waals surface area contributed by atoms with Crippen LogP contribution in [0, 0.1) is 0 Å². The Morgan fingerprint density at radius 2 is 2.05 bits per heavy atom. The Morgan fingerprint density at radius 1 is 1.35 bits per heavy atom. The van der Waals surface area contributed by atoms with Crippen LogP contribution in [-0.4, -0.2) is 35.0 Å². The van der Waals surface area contributed by atoms with E-state index in [-0.39, 0.29) is 18.3 Å². The van der Waals surface area contributed by atoms with E-state index in [1.54, 1.807) is 24.0 Å². The summed E-state index contributed by atoms with van der Waals surface area (Å²) in [6.45, 7) is 2.57. The minimum atomic E-state index is -0.719. The molecule has 0 bridgehead atoms. The minimum Gasteiger partial charge on any atom is -0.508 e. The van der Waals surface area contributed by atoms with Crippen LogP contribution in [0.15, 0.2) is 24.3 Å². The highest BCUT2D eigenvalue weighted by Crippen LogP contribution is 2.27. The van der Waals surface area contributed by atoms with Crippen molar-refractivity contribution in [3.05, 3.63) is 29.8 Å². The number of esters is 1. The highest BCUT2D eigenvalue weighted by Gasteiger charge is 2.33. The summed E-state index contributed by atoms with van der Waals surface area (Å²) < 4.78 is 5.09. The number of ether oxygens (including phenoxy) is 1. The lowest BCUT2D eigenvalue weighted by Gasteiger charge is -2.33. The van der Waals surface area contributed by atoms with E-state index in [4.69, 9.17) is 4.74 Å². The van der Waals surface area contributed by atoms with E-state index in [2.05, 4.69) is 0 Å². The maximum absolute atomic E-state index is 12.2. The molecule has 1 heterocycles. The van der Waals surface area contributed by atoms with Crippen molar-refractivity contribution in [3.8, 4) is 5.75 Å². The number of nitrogens with zero attached hydrogens (tertiary/aromatic N) is 1. The van der Waals surface area contributed by atoms with E-state index in [1.807, 2.05) is 0 Å². The molecular weight excluding hydrogens is 258 g/mol. The van der Waals surface area contributed by atoms with Crippen LogP contribution >= 0.6 is 0 Å². The summed E-state index contributed by atoms with van der Waals surface area (Å²) in [4.78, 5) is 25.8. The first-order valence-electron chi connectivity index (χ1n) is 6.88. The van der Waals surface area contributed by atoms with E-state index in [0.29, 0.717) is 18.5 Å². The normalized spacial score (nSPS) is 16.9. The van der Waals surface area contributed by atoms with Gasteiger partial charge < -0.3 is 14.7 Å². The molecule has 1 N–H and O–H groups in total. The number of carbonyl (C=O) groups is 2. The molecule has 1 aliphatic rings. The van der Waals surface area contributed by atoms with Gasteiger partial charge in [0.2, 0.25) is 5.91 Å². The highest BCUT2D eigenvalue weighted by molar-refractivity contribution is 5.86. The molecule has 0 unspecified atom stereocenters. The van der Waals surface area contributed by atoms with Crippen molar-refractivity contribution >= 4 is 11.9 Å². The highest BCUT2D eigenvalue weighted by atomic mass is 16.5. The quantitative estimate of drug-likeness (QED) is 0.855. The number of aromatic hydroxyl groups is 1. The smallest absolute Gasteiger partial charge is 0.333 e. The number of phenols is 1. The van der Waals surface area contributed by atoms with Gasteiger partial charge in [0.1, 0.15) is 5.75 Å². The third-order valence-electron chi connectivity index (χ3n) is 3.39. The number of rotatable bonds is 4. The van der Waals surface area contributed by atoms with Crippen molar-refractivity contribution in [2.45, 2.75) is 32.2 Å². The van der Waals surface area contributed by atoms with Gasteiger partial charge in [0.05, 0.1) is 6.61 Å². The molecule has 1 atom stereocenters. The predicted molar refractivity (Wildman–Crippen MR) is 73.0 cm³/mol. The Hall–Kier alpha value is -2.04. The fourth-order valence-electron chi connectivity index (χ4n) is 2.42. The number of benzene rings is 1. The van der Waals surface area contributed by atoms with Crippen LogP contribution < -0.4 is 0 Å². The van der Waals surface area contributed by atoms with Crippen molar-refractivity contribution in [3.63, 3.8) is 0 Å². The topological polar surface area (TPSA) is 66.8 Å². The second kappa shape index (κ2) is 6.41. The van der Waals surface area contributed by atoms with E-state index < -0.39 is 12.0 Å². The first-order valence-corrected chi connectivity index (χ1v) is 6.88. The Bertz CT molecular complexity index is 483. The van der Waals surface area contributed by atoms with Gasteiger partial charge in [-0.15, -0.1) is 0 Å². The minimum absolute atomic E-state index is 0.0256. The Labute approximate surface area is 118 Å². The van der Waals surface area contributed by atoms with Crippen molar-refractivity contribution in [2.75, 3.05) is 13.2 Å². The lowest BCUT2D eigenvalue weighted by atomic mass is 10.0. The second-order valence-corrected chi connectivity index (χ2v) is 4.79. The van der Waals surface area contributed by atoms with Crippen LogP contribution in [0.25, 0.3) is 0 Å². The fourth-order valence-corrected chi connectivity index (χ4v) is 2.42. The number of hydrogen-bond acceptors (Lipinski definition) is 4. The number of hydrogen-bond donors (Lipinski definition) is 1. The number of carbonyl (C=O) groups excluding carboxylic acids is 2. The number of piperidine rings is 1. The molecule has 5 nitrogen and oxygen atoms in total. The Kier molecular flexibility index (Phi) is 4.61. The molecular formula is C15H19NO4. The van der Waals surface area contributed by atoms with Crippen LogP contribution in [0.4, 0.5) is 0 Å². The monoisotopic (exact) mass is 277 g/mol. The molecule has 0 saturated carbocycles. The molecule has 1 amide bonds. The second-order valence-electron chi connectivity index (χ2n) is 4.79. The lowest BCUT2D eigenvalue weighted by Crippen LogP contribution is -2.42. The van der Waals surface area contributed by atoms with E-state index >= 15 is 0 Å². The summed E-state index contributed by atoms with van der Waals surface area (Å²) in [5.74, 6) is -0.322. The van der Waals surface area contributed by atoms with Crippen LogP contribution in [0.1, 0.15) is 37.8 Å². The first-order chi connectivity index (χ1) is 9.63. The van der Waals surface area contributed by atoms with Gasteiger partial charge in [0.25, 0.3) is 0 Å². The average molecular weight is 277 g/mol. The molecule has 0 radical (unpaired) electrons. The molecule has 0 aliphatic carbocycles. The SMILES string of the molecule is CCOC(=O)[C@@H](c1ccc(O)cc1)N1CCCCC1=O. The summed E-state index contributed by atoms with van der Waals surface area (Å²) in [7, 11) is 0. The van der Waals surface area contributed by atoms with Gasteiger partial charge in [-0.25, -0.2) is 4.79 Å². The van der Waals surface area contributed by atoms with Gasteiger partial charge in [0, 0.05) is 13.0 Å². The molecule has 1 saturated heterocycles. The summed E-state index contributed by atoms with van der Waals surface area (Å²) in [5.41, 5.74) is 0.663. The summed E-state index contributed by atoms with van der Waals surface area (Å²) in [5, 5.41) is 9.35. The van der Waals surface area contributed by atoms with Crippen LogP contribution in [0.5, 0.6) is 5.75 Å². The fraction of sp³-hybridized carbons (Fsp3) is 0.467. The molecule has 1 aliphatic heterocycles. The summed E-state index contributed by atoms with van der Waals surface area (Å²) >= 11 is 0. The predicted octanol–water partition coefficient (Wildman–Crippen LogP) is 2.01. The largest absolute Gasteiger partial charge is 0.508 e. The lowest BCUT2D eigenvalue weighted by molar-refractivity contribution is -0.156. The molecule has 5 heteroatoms. The van der Waals surface area contributed by atoms with Gasteiger partial charge in [-0.1, -0.05) is 12.1 Å². The molecule has 108 valence electrons. The zero-order chi connectivity index (χ0) is 14.5. The van der Waals surface area contributed by atoms with Crippen LogP contribution in [0.3, 0.4) is 0 Å². The third-order valence-corrected chi connectivity index (χ3v) is 3.39. The Balaban J connectivity index is 2.30. The van der Waals surface area contributed by atoms with Gasteiger partial charge in [-0.05, 0) is 37.5 Å². The van der Waals surface area contributed by atoms with Crippen molar-refractivity contribution < 1.29 is 19.4 Å². The van der Waals surface area contributed by atoms with Crippen molar-refractivity contribution in [2.24, 2.45) is 0 Å². The molecule has 1 aromatic rings. The van der Waals surface area contributed by atoms with Crippen LogP contribution in [0.2, 0.25) is 0 Å². The third kappa shape index (κ3) is 3.10. The summed E-state index contributed by atoms with van der Waals surface area (Å²) in [6.07, 6.45) is 2.22. The molecule has 2 rings (SSSR count). The molecule has 1 fully saturated rings. The number of likely N-dealkylation sites (tertiary alicyclic amines) is 1. The van der Waals surface area contributed by atoms with E-state index in [9.17, 15) is 14.7 Å². The van der Waals surface area contributed by atoms with Gasteiger partial charge >= 0.3 is 5.97 Å². The molecule has 0 aromatic heterocycles. The molecule has 20 heavy (non-hydrogen) atoms. The number of amides is 1. The standard InChI is InChI=1S/C15H19NO4/c1-2-20-15(19)14(11-6-8-12(17)9-7-11)16-10-4-3-5-13(16)18/h6-9,14,17H,2-5,10H2,1H3/t14-/m1/s1. The molecule has 1 aromatic carbocycles. The molecule has 0 spiro atoms. The van der Waals surface area contributed by atoms with E-state index in [1.165, 1.54) is 12.1 Å². The van der Waals surface area contributed by atoms with Gasteiger partial charge in [-0.2, -0.15) is 0 Å². The van der Waals surface area contributed by atoms with Crippen molar-refractivity contribution in [1.29, 1.82) is 0 Å². The van der Waals surface area contributed by atoms with E-state index in [0.717, 1.165) is 12.8 Å². The first kappa shape index (κ1) is 14.4. The van der Waals surface area contributed by atoms with Crippen molar-refractivity contribution in [1.82, 2.24) is 4.90 Å². The van der Waals surface area contributed by atoms with Crippen LogP contribution in [-0.2, 0) is 14.3 Å². The van der Waals surface area contributed by atoms with Gasteiger partial charge in [0.15, 0.2) is 6.04 Å². The zero-order valence-electron chi connectivity index (χ0n) is 11.5. The maximum Gasteiger partial charge on any atom is 0.333 e. The average Bonchev–Trinajstić information content (AvgIpc) is 2.44. The maximum atomic E-state index is 12.2. The Morgan fingerprint density at radius 3 is 2.65 bits per heavy atom. The summed E-state index contributed by atoms with van der Waals surface area (Å²) in [6, 6.07) is 5.60.